The van der Waals surface area contributed by atoms with E-state index >= 15 is 0 Å². The molecule has 0 spiro atoms. The van der Waals surface area contributed by atoms with Crippen molar-refractivity contribution in [2.24, 2.45) is 0 Å². The van der Waals surface area contributed by atoms with Crippen LogP contribution in [0.5, 0.6) is 0 Å². The molecule has 0 fully saturated rings. The molecule has 0 N–H and O–H groups in total. The Labute approximate surface area is 404 Å². The number of fused-ring (bicyclic) bond motifs is 3. The molecule has 0 aliphatic heterocycles. The molecule has 0 aliphatic carbocycles. The highest BCUT2D eigenvalue weighted by molar-refractivity contribution is 7.20. The van der Waals surface area contributed by atoms with Crippen LogP contribution in [-0.2, 0) is 0 Å². The molecule has 0 saturated carbocycles. The van der Waals surface area contributed by atoms with E-state index < -0.39 is 16.1 Å². The lowest BCUT2D eigenvalue weighted by molar-refractivity contribution is 0.669. The van der Waals surface area contributed by atoms with Gasteiger partial charge in [-0.1, -0.05) is 249 Å². The summed E-state index contributed by atoms with van der Waals surface area (Å²) in [4.78, 5) is 16.1. The number of hydrogen-bond acceptors (Lipinski definition) is 4. The molecule has 2 heterocycles. The Bertz CT molecular complexity index is 3510. The summed E-state index contributed by atoms with van der Waals surface area (Å²) in [5.74, 6) is 1.81. The molecular weight excluding hydrogens is 871 g/mol. The third-order valence-electron chi connectivity index (χ3n) is 13.6. The van der Waals surface area contributed by atoms with Gasteiger partial charge in [0.15, 0.2) is 33.6 Å². The second kappa shape index (κ2) is 17.9. The van der Waals surface area contributed by atoms with Gasteiger partial charge in [-0.2, -0.15) is 0 Å². The van der Waals surface area contributed by atoms with Gasteiger partial charge in [-0.25, -0.2) is 15.0 Å². The van der Waals surface area contributed by atoms with Crippen LogP contribution in [0.1, 0.15) is 0 Å². The van der Waals surface area contributed by atoms with Gasteiger partial charge in [-0.05, 0) is 65.8 Å². The Morgan fingerprint density at radius 3 is 1.03 bits per heavy atom. The molecule has 0 unspecified atom stereocenters. The predicted molar refractivity (Wildman–Crippen MR) is 291 cm³/mol. The molecule has 0 aliphatic rings. The Kier molecular flexibility index (Phi) is 10.9. The summed E-state index contributed by atoms with van der Waals surface area (Å²) in [5, 5.41) is 12.5. The highest BCUT2D eigenvalue weighted by Crippen LogP contribution is 2.33. The third-order valence-corrected chi connectivity index (χ3v) is 23.2. The highest BCUT2D eigenvalue weighted by Gasteiger charge is 2.42. The third kappa shape index (κ3) is 7.34. The van der Waals surface area contributed by atoms with Crippen molar-refractivity contribution >= 4 is 79.6 Å². The minimum absolute atomic E-state index is 0.593. The average Bonchev–Trinajstić information content (AvgIpc) is 3.81. The molecule has 4 nitrogen and oxygen atoms in total. The van der Waals surface area contributed by atoms with E-state index in [-0.39, 0.29) is 0 Å². The predicted octanol–water partition coefficient (Wildman–Crippen LogP) is 9.53. The van der Waals surface area contributed by atoms with Crippen molar-refractivity contribution in [3.8, 4) is 34.2 Å². The fourth-order valence-corrected chi connectivity index (χ4v) is 20.1. The summed E-state index contributed by atoms with van der Waals surface area (Å²) in [7, 11) is -5.61. The van der Waals surface area contributed by atoms with Crippen LogP contribution in [0.2, 0.25) is 0 Å². The molecule has 2 aromatic heterocycles. The molecule has 0 atom stereocenters. The Hall–Kier alpha value is -8.56. The maximum atomic E-state index is 6.27. The summed E-state index contributed by atoms with van der Waals surface area (Å²) >= 11 is 0. The summed E-state index contributed by atoms with van der Waals surface area (Å²) in [6.45, 7) is 0. The molecule has 10 aromatic carbocycles. The van der Waals surface area contributed by atoms with Crippen molar-refractivity contribution in [2.75, 3.05) is 0 Å². The van der Waals surface area contributed by atoms with Gasteiger partial charge in [0.05, 0.1) is 0 Å². The molecular formula is C63H45N3OSi2. The molecule has 0 amide bonds. The van der Waals surface area contributed by atoms with Crippen molar-refractivity contribution in [1.82, 2.24) is 15.0 Å². The van der Waals surface area contributed by atoms with E-state index in [4.69, 9.17) is 19.4 Å². The summed E-state index contributed by atoms with van der Waals surface area (Å²) < 4.78 is 6.27. The van der Waals surface area contributed by atoms with Crippen molar-refractivity contribution < 1.29 is 4.42 Å². The zero-order valence-electron chi connectivity index (χ0n) is 37.7. The van der Waals surface area contributed by atoms with Crippen LogP contribution in [0.15, 0.2) is 277 Å². The first-order valence-electron chi connectivity index (χ1n) is 23.4. The van der Waals surface area contributed by atoms with Crippen LogP contribution in [0.25, 0.3) is 56.1 Å². The smallest absolute Gasteiger partial charge is 0.179 e. The monoisotopic (exact) mass is 915 g/mol. The van der Waals surface area contributed by atoms with Crippen LogP contribution < -0.4 is 41.5 Å². The molecule has 0 radical (unpaired) electrons. The van der Waals surface area contributed by atoms with Crippen LogP contribution in [0.4, 0.5) is 0 Å². The molecule has 0 saturated heterocycles. The number of rotatable bonds is 11. The summed E-state index contributed by atoms with van der Waals surface area (Å²) in [6, 6.07) is 98.5. The number of benzene rings is 10. The fraction of sp³-hybridized carbons (Fsp3) is 0. The fourth-order valence-electron chi connectivity index (χ4n) is 10.5. The molecule has 12 aromatic rings. The van der Waals surface area contributed by atoms with E-state index in [0.29, 0.717) is 17.5 Å². The molecule has 0 bridgehead atoms. The second-order valence-electron chi connectivity index (χ2n) is 17.5. The largest absolute Gasteiger partial charge is 0.456 e. The van der Waals surface area contributed by atoms with E-state index in [1.54, 1.807) is 0 Å². The number of hydrogen-bond donors (Lipinski definition) is 0. The number of aromatic nitrogens is 3. The minimum atomic E-state index is -2.85. The second-order valence-corrected chi connectivity index (χ2v) is 25.1. The van der Waals surface area contributed by atoms with Crippen LogP contribution in [0, 0.1) is 0 Å². The van der Waals surface area contributed by atoms with Crippen LogP contribution >= 0.6 is 0 Å². The quantitative estimate of drug-likeness (QED) is 0.0960. The first-order valence-corrected chi connectivity index (χ1v) is 27.4. The summed E-state index contributed by atoms with van der Waals surface area (Å²) in [6.07, 6.45) is 0. The van der Waals surface area contributed by atoms with Gasteiger partial charge in [0.25, 0.3) is 0 Å². The molecule has 69 heavy (non-hydrogen) atoms. The van der Waals surface area contributed by atoms with Gasteiger partial charge >= 0.3 is 0 Å². The SMILES string of the molecule is c1ccc([Si](c2ccccc2)(c2ccccc2)c2ccc(-c3nc(-c4cccc([Si](c5ccccc5)(c5ccccc5)c5ccccc5)c4)nc(-c4ccc5oc6ccccc6c5c4)n3)cc2)cc1. The summed E-state index contributed by atoms with van der Waals surface area (Å²) in [5.41, 5.74) is 4.39. The van der Waals surface area contributed by atoms with E-state index in [1.807, 2.05) is 24.3 Å². The lowest BCUT2D eigenvalue weighted by Crippen LogP contribution is -2.74. The normalized spacial score (nSPS) is 11.8. The first kappa shape index (κ1) is 41.8. The maximum absolute atomic E-state index is 6.27. The van der Waals surface area contributed by atoms with Crippen molar-refractivity contribution in [3.05, 3.63) is 273 Å². The molecule has 12 rings (SSSR count). The van der Waals surface area contributed by atoms with E-state index in [1.165, 1.54) is 41.5 Å². The number of furan rings is 1. The lowest BCUT2D eigenvalue weighted by atomic mass is 10.1. The highest BCUT2D eigenvalue weighted by atomic mass is 28.3. The standard InChI is InChI=1S/C63H45N3OSi2/c1-7-23-49(24-8-1)68(50-25-9-2-10-26-50,51-27-11-3-12-28-51)55-41-38-46(39-42-55)61-64-62(66-63(65-61)48-40-43-60-58(45-48)57-36-19-20-37-59(57)67-60)47-22-21-35-56(44-47)69(52-29-13-4-14-30-52,53-31-15-5-16-32-53)54-33-17-6-18-34-54/h1-45H. The van der Waals surface area contributed by atoms with Gasteiger partial charge in [0, 0.05) is 27.5 Å². The van der Waals surface area contributed by atoms with Crippen LogP contribution in [-0.4, -0.2) is 31.1 Å². The maximum Gasteiger partial charge on any atom is 0.179 e. The molecule has 326 valence electrons. The van der Waals surface area contributed by atoms with Crippen LogP contribution in [0.3, 0.4) is 0 Å². The average molecular weight is 916 g/mol. The lowest BCUT2D eigenvalue weighted by Gasteiger charge is -2.34. The van der Waals surface area contributed by atoms with Gasteiger partial charge in [0.2, 0.25) is 0 Å². The molecule has 6 heteroatoms. The topological polar surface area (TPSA) is 51.8 Å². The first-order chi connectivity index (χ1) is 34.2. The Morgan fingerprint density at radius 2 is 0.565 bits per heavy atom. The van der Waals surface area contributed by atoms with Crippen molar-refractivity contribution in [3.63, 3.8) is 0 Å². The Morgan fingerprint density at radius 1 is 0.232 bits per heavy atom. The minimum Gasteiger partial charge on any atom is -0.456 e. The van der Waals surface area contributed by atoms with E-state index in [9.17, 15) is 0 Å². The van der Waals surface area contributed by atoms with Gasteiger partial charge < -0.3 is 4.42 Å². The zero-order valence-corrected chi connectivity index (χ0v) is 39.7. The van der Waals surface area contributed by atoms with E-state index in [2.05, 4.69) is 249 Å². The Balaban J connectivity index is 1.06. The van der Waals surface area contributed by atoms with E-state index in [0.717, 1.165) is 38.6 Å². The van der Waals surface area contributed by atoms with Gasteiger partial charge in [0.1, 0.15) is 11.2 Å². The zero-order chi connectivity index (χ0) is 46.0. The van der Waals surface area contributed by atoms with Crippen molar-refractivity contribution in [1.29, 1.82) is 0 Å². The van der Waals surface area contributed by atoms with Gasteiger partial charge in [-0.3, -0.25) is 0 Å². The number of para-hydroxylation sites is 1. The number of nitrogens with zero attached hydrogens (tertiary/aromatic N) is 3. The van der Waals surface area contributed by atoms with Crippen molar-refractivity contribution in [2.45, 2.75) is 0 Å². The van der Waals surface area contributed by atoms with Gasteiger partial charge in [-0.15, -0.1) is 0 Å².